The molecule has 4 heteroatoms. The number of rotatable bonds is 7. The molecule has 0 aliphatic carbocycles. The number of hydrogen-bond donors (Lipinski definition) is 1. The van der Waals surface area contributed by atoms with Crippen LogP contribution >= 0.6 is 0 Å². The summed E-state index contributed by atoms with van der Waals surface area (Å²) in [5.41, 5.74) is 5.16. The van der Waals surface area contributed by atoms with E-state index in [0.29, 0.717) is 13.0 Å². The van der Waals surface area contributed by atoms with E-state index in [4.69, 9.17) is 5.73 Å². The molecule has 112 valence electrons. The Labute approximate surface area is 117 Å². The van der Waals surface area contributed by atoms with Gasteiger partial charge >= 0.3 is 0 Å². The van der Waals surface area contributed by atoms with Gasteiger partial charge in [0.25, 0.3) is 0 Å². The van der Waals surface area contributed by atoms with Crippen molar-refractivity contribution in [1.29, 1.82) is 0 Å². The molecular weight excluding hydrogens is 240 g/mol. The van der Waals surface area contributed by atoms with Gasteiger partial charge in [-0.3, -0.25) is 9.59 Å². The highest BCUT2D eigenvalue weighted by molar-refractivity contribution is 5.88. The van der Waals surface area contributed by atoms with Crippen LogP contribution in [0.25, 0.3) is 0 Å². The molecule has 19 heavy (non-hydrogen) atoms. The first-order valence-corrected chi connectivity index (χ1v) is 7.63. The second kappa shape index (κ2) is 10.8. The Morgan fingerprint density at radius 3 is 2.11 bits per heavy atom. The van der Waals surface area contributed by atoms with Crippen LogP contribution in [0.1, 0.15) is 65.7 Å². The number of carbonyl (C=O) groups is 2. The van der Waals surface area contributed by atoms with Gasteiger partial charge in [-0.25, -0.2) is 0 Å². The second-order valence-electron chi connectivity index (χ2n) is 5.20. The zero-order valence-electron chi connectivity index (χ0n) is 12.8. The highest BCUT2D eigenvalue weighted by atomic mass is 16.2. The second-order valence-corrected chi connectivity index (χ2v) is 5.20. The Morgan fingerprint density at radius 1 is 1.16 bits per heavy atom. The van der Waals surface area contributed by atoms with Crippen molar-refractivity contribution in [3.63, 3.8) is 0 Å². The van der Waals surface area contributed by atoms with Gasteiger partial charge in [0.05, 0.1) is 5.92 Å². The summed E-state index contributed by atoms with van der Waals surface area (Å²) in [7, 11) is 0. The van der Waals surface area contributed by atoms with Crippen molar-refractivity contribution in [2.75, 3.05) is 13.1 Å². The van der Waals surface area contributed by atoms with Crippen LogP contribution in [0.15, 0.2) is 0 Å². The van der Waals surface area contributed by atoms with Crippen LogP contribution in [0.4, 0.5) is 0 Å². The van der Waals surface area contributed by atoms with Gasteiger partial charge in [-0.2, -0.15) is 0 Å². The predicted molar refractivity (Wildman–Crippen MR) is 78.6 cm³/mol. The summed E-state index contributed by atoms with van der Waals surface area (Å²) in [6.07, 6.45) is 7.68. The Bertz CT molecular complexity index is 265. The molecule has 0 aromatic heterocycles. The molecule has 1 heterocycles. The molecule has 2 amide bonds. The molecule has 1 fully saturated rings. The first kappa shape index (κ1) is 17.9. The van der Waals surface area contributed by atoms with Crippen molar-refractivity contribution in [3.8, 4) is 0 Å². The van der Waals surface area contributed by atoms with E-state index in [-0.39, 0.29) is 17.7 Å². The lowest BCUT2D eigenvalue weighted by Gasteiger charge is -2.15. The Balaban J connectivity index is 0.000000555. The molecule has 0 saturated carbocycles. The van der Waals surface area contributed by atoms with E-state index in [1.165, 1.54) is 19.3 Å². The topological polar surface area (TPSA) is 63.4 Å². The number of nitrogens with zero attached hydrogens (tertiary/aromatic N) is 1. The number of primary amides is 1. The van der Waals surface area contributed by atoms with Crippen molar-refractivity contribution >= 4 is 11.8 Å². The maximum absolute atomic E-state index is 11.4. The monoisotopic (exact) mass is 270 g/mol. The summed E-state index contributed by atoms with van der Waals surface area (Å²) in [6, 6.07) is 0. The SMILES string of the molecule is CCCCC.CCCCCN1CC(C(N)=O)CC1=O. The average Bonchev–Trinajstić information content (AvgIpc) is 2.74. The van der Waals surface area contributed by atoms with Gasteiger partial charge < -0.3 is 10.6 Å². The van der Waals surface area contributed by atoms with Crippen LogP contribution in [-0.2, 0) is 9.59 Å². The number of carbonyl (C=O) groups excluding carboxylic acids is 2. The van der Waals surface area contributed by atoms with Crippen LogP contribution in [0.5, 0.6) is 0 Å². The smallest absolute Gasteiger partial charge is 0.223 e. The van der Waals surface area contributed by atoms with E-state index in [0.717, 1.165) is 25.8 Å². The fourth-order valence-corrected chi connectivity index (χ4v) is 2.09. The van der Waals surface area contributed by atoms with Gasteiger partial charge in [-0.1, -0.05) is 52.9 Å². The number of unbranched alkanes of at least 4 members (excludes halogenated alkanes) is 4. The molecule has 1 atom stereocenters. The summed E-state index contributed by atoms with van der Waals surface area (Å²) in [4.78, 5) is 24.0. The lowest BCUT2D eigenvalue weighted by atomic mass is 10.1. The molecule has 0 aromatic rings. The van der Waals surface area contributed by atoms with Gasteiger partial charge in [-0.05, 0) is 6.42 Å². The van der Waals surface area contributed by atoms with E-state index >= 15 is 0 Å². The minimum Gasteiger partial charge on any atom is -0.369 e. The van der Waals surface area contributed by atoms with Crippen LogP contribution in [0, 0.1) is 5.92 Å². The minimum atomic E-state index is -0.351. The van der Waals surface area contributed by atoms with E-state index in [2.05, 4.69) is 20.8 Å². The van der Waals surface area contributed by atoms with Gasteiger partial charge in [0.1, 0.15) is 0 Å². The summed E-state index contributed by atoms with van der Waals surface area (Å²) in [5, 5.41) is 0. The summed E-state index contributed by atoms with van der Waals surface area (Å²) < 4.78 is 0. The molecule has 0 radical (unpaired) electrons. The standard InChI is InChI=1S/C10H18N2O2.C5H12/c1-2-3-4-5-12-7-8(10(11)14)6-9(12)13;1-3-5-4-2/h8H,2-7H2,1H3,(H2,11,14);3-5H2,1-2H3. The quantitative estimate of drug-likeness (QED) is 0.723. The van der Waals surface area contributed by atoms with E-state index in [1.54, 1.807) is 4.90 Å². The Morgan fingerprint density at radius 2 is 1.74 bits per heavy atom. The van der Waals surface area contributed by atoms with E-state index < -0.39 is 0 Å². The lowest BCUT2D eigenvalue weighted by Crippen LogP contribution is -2.29. The molecule has 4 nitrogen and oxygen atoms in total. The van der Waals surface area contributed by atoms with Crippen molar-refractivity contribution in [2.24, 2.45) is 11.7 Å². The van der Waals surface area contributed by atoms with Crippen LogP contribution in [0.3, 0.4) is 0 Å². The largest absolute Gasteiger partial charge is 0.369 e. The third kappa shape index (κ3) is 7.85. The lowest BCUT2D eigenvalue weighted by molar-refractivity contribution is -0.128. The Kier molecular flexibility index (Phi) is 10.2. The Hall–Kier alpha value is -1.06. The third-order valence-corrected chi connectivity index (χ3v) is 3.36. The van der Waals surface area contributed by atoms with Gasteiger partial charge in [0.15, 0.2) is 0 Å². The molecule has 0 spiro atoms. The van der Waals surface area contributed by atoms with Crippen molar-refractivity contribution in [3.05, 3.63) is 0 Å². The van der Waals surface area contributed by atoms with E-state index in [1.807, 2.05) is 0 Å². The molecule has 1 unspecified atom stereocenters. The number of hydrogen-bond acceptors (Lipinski definition) is 2. The molecule has 1 saturated heterocycles. The van der Waals surface area contributed by atoms with E-state index in [9.17, 15) is 9.59 Å². The minimum absolute atomic E-state index is 0.0740. The molecule has 2 N–H and O–H groups in total. The molecule has 1 aliphatic rings. The van der Waals surface area contributed by atoms with Crippen LogP contribution in [-0.4, -0.2) is 29.8 Å². The molecule has 1 rings (SSSR count). The molecule has 1 aliphatic heterocycles. The summed E-state index contributed by atoms with van der Waals surface area (Å²) in [5.74, 6) is -0.537. The number of nitrogens with two attached hydrogens (primary N) is 1. The van der Waals surface area contributed by atoms with Crippen LogP contribution in [0.2, 0.25) is 0 Å². The highest BCUT2D eigenvalue weighted by Gasteiger charge is 2.32. The van der Waals surface area contributed by atoms with Gasteiger partial charge in [-0.15, -0.1) is 0 Å². The molecular formula is C15H30N2O2. The van der Waals surface area contributed by atoms with Crippen molar-refractivity contribution in [2.45, 2.75) is 65.7 Å². The van der Waals surface area contributed by atoms with Crippen molar-refractivity contribution < 1.29 is 9.59 Å². The maximum Gasteiger partial charge on any atom is 0.223 e. The first-order chi connectivity index (χ1) is 9.06. The zero-order chi connectivity index (χ0) is 14.7. The summed E-state index contributed by atoms with van der Waals surface area (Å²) in [6.45, 7) is 7.85. The first-order valence-electron chi connectivity index (χ1n) is 7.63. The molecule has 0 bridgehead atoms. The third-order valence-electron chi connectivity index (χ3n) is 3.36. The number of amides is 2. The zero-order valence-corrected chi connectivity index (χ0v) is 12.8. The summed E-state index contributed by atoms with van der Waals surface area (Å²) >= 11 is 0. The predicted octanol–water partition coefficient (Wildman–Crippen LogP) is 2.71. The van der Waals surface area contributed by atoms with Gasteiger partial charge in [0.2, 0.25) is 11.8 Å². The normalized spacial score (nSPS) is 18.2. The fourth-order valence-electron chi connectivity index (χ4n) is 2.09. The van der Waals surface area contributed by atoms with Crippen LogP contribution < -0.4 is 5.73 Å². The average molecular weight is 270 g/mol. The van der Waals surface area contributed by atoms with Crippen molar-refractivity contribution in [1.82, 2.24) is 4.90 Å². The molecule has 0 aromatic carbocycles. The highest BCUT2D eigenvalue weighted by Crippen LogP contribution is 2.17. The number of likely N-dealkylation sites (tertiary alicyclic amines) is 1. The van der Waals surface area contributed by atoms with Gasteiger partial charge in [0, 0.05) is 19.5 Å². The maximum atomic E-state index is 11.4. The fraction of sp³-hybridized carbons (Fsp3) is 0.867.